The summed E-state index contributed by atoms with van der Waals surface area (Å²) in [6.45, 7) is 5.39. The van der Waals surface area contributed by atoms with E-state index in [-0.39, 0.29) is 23.5 Å². The van der Waals surface area contributed by atoms with Crippen molar-refractivity contribution in [2.75, 3.05) is 18.4 Å². The van der Waals surface area contributed by atoms with Crippen LogP contribution in [0.1, 0.15) is 40.6 Å². The van der Waals surface area contributed by atoms with Gasteiger partial charge in [0.2, 0.25) is 0 Å². The van der Waals surface area contributed by atoms with Crippen molar-refractivity contribution >= 4 is 11.6 Å². The molecule has 0 aliphatic carbocycles. The molecule has 0 atom stereocenters. The van der Waals surface area contributed by atoms with Crippen LogP contribution in [0, 0.1) is 19.7 Å². The predicted molar refractivity (Wildman–Crippen MR) is 85.0 cm³/mol. The van der Waals surface area contributed by atoms with E-state index in [4.69, 9.17) is 0 Å². The molecule has 1 amide bonds. The van der Waals surface area contributed by atoms with Crippen molar-refractivity contribution in [2.45, 2.75) is 32.7 Å². The molecule has 1 aliphatic rings. The number of amides is 1. The smallest absolute Gasteiger partial charge is 0.278 e. The molecule has 1 aromatic carbocycles. The Bertz CT molecular complexity index is 721. The van der Waals surface area contributed by atoms with Crippen LogP contribution in [0.3, 0.4) is 0 Å². The van der Waals surface area contributed by atoms with Crippen LogP contribution in [0.2, 0.25) is 0 Å². The Morgan fingerprint density at radius 3 is 2.78 bits per heavy atom. The molecule has 7 heteroatoms. The van der Waals surface area contributed by atoms with Crippen LogP contribution in [0.4, 0.5) is 10.1 Å². The summed E-state index contributed by atoms with van der Waals surface area (Å²) < 4.78 is 15.4. The van der Waals surface area contributed by atoms with Crippen LogP contribution in [-0.2, 0) is 0 Å². The summed E-state index contributed by atoms with van der Waals surface area (Å²) in [5.41, 5.74) is 1.97. The minimum atomic E-state index is -0.370. The van der Waals surface area contributed by atoms with Gasteiger partial charge in [0.05, 0.1) is 11.7 Å². The fourth-order valence-electron chi connectivity index (χ4n) is 2.81. The number of piperidine rings is 1. The lowest BCUT2D eigenvalue weighted by atomic mass is 10.1. The van der Waals surface area contributed by atoms with E-state index >= 15 is 0 Å². The van der Waals surface area contributed by atoms with Crippen LogP contribution in [0.25, 0.3) is 0 Å². The van der Waals surface area contributed by atoms with Crippen molar-refractivity contribution in [1.29, 1.82) is 0 Å². The summed E-state index contributed by atoms with van der Waals surface area (Å²) in [6.07, 6.45) is 1.93. The third kappa shape index (κ3) is 3.24. The van der Waals surface area contributed by atoms with Crippen molar-refractivity contribution in [2.24, 2.45) is 0 Å². The van der Waals surface area contributed by atoms with Gasteiger partial charge < -0.3 is 10.6 Å². The van der Waals surface area contributed by atoms with Gasteiger partial charge in [0.15, 0.2) is 5.69 Å². The quantitative estimate of drug-likeness (QED) is 0.910. The Morgan fingerprint density at radius 2 is 2.09 bits per heavy atom. The number of carbonyl (C=O) groups excluding carboxylic acids is 1. The van der Waals surface area contributed by atoms with E-state index < -0.39 is 0 Å². The fourth-order valence-corrected chi connectivity index (χ4v) is 2.81. The number of carbonyl (C=O) groups is 1. The molecular formula is C16H20FN5O. The molecule has 0 saturated carbocycles. The van der Waals surface area contributed by atoms with Crippen LogP contribution < -0.4 is 10.6 Å². The number of nitrogens with one attached hydrogen (secondary N) is 2. The molecule has 0 spiro atoms. The van der Waals surface area contributed by atoms with Crippen molar-refractivity contribution in [1.82, 2.24) is 20.3 Å². The van der Waals surface area contributed by atoms with Gasteiger partial charge in [-0.05, 0) is 57.5 Å². The van der Waals surface area contributed by atoms with E-state index in [1.54, 1.807) is 19.1 Å². The van der Waals surface area contributed by atoms with Crippen molar-refractivity contribution in [3.63, 3.8) is 0 Å². The lowest BCUT2D eigenvalue weighted by Crippen LogP contribution is -2.30. The fraction of sp³-hybridized carbons (Fsp3) is 0.438. The second kappa shape index (κ2) is 6.45. The van der Waals surface area contributed by atoms with Crippen molar-refractivity contribution in [3.05, 3.63) is 41.0 Å². The number of halogens is 1. The van der Waals surface area contributed by atoms with Crippen molar-refractivity contribution in [3.8, 4) is 0 Å². The molecule has 6 nitrogen and oxygen atoms in total. The summed E-state index contributed by atoms with van der Waals surface area (Å²) in [5, 5.41) is 14.1. The second-order valence-electron chi connectivity index (χ2n) is 5.87. The third-order valence-electron chi connectivity index (χ3n) is 4.23. The Kier molecular flexibility index (Phi) is 4.38. The lowest BCUT2D eigenvalue weighted by molar-refractivity contribution is 0.102. The van der Waals surface area contributed by atoms with Gasteiger partial charge in [0.25, 0.3) is 5.91 Å². The maximum absolute atomic E-state index is 13.6. The number of hydrogen-bond acceptors (Lipinski definition) is 4. The first-order valence-electron chi connectivity index (χ1n) is 7.76. The average molecular weight is 317 g/mol. The zero-order chi connectivity index (χ0) is 16.4. The molecule has 2 heterocycles. The molecule has 0 unspecified atom stereocenters. The first kappa shape index (κ1) is 15.6. The molecule has 0 bridgehead atoms. The molecule has 1 saturated heterocycles. The molecule has 2 aromatic rings. The predicted octanol–water partition coefficient (Wildman–Crippen LogP) is 2.21. The minimum Gasteiger partial charge on any atom is -0.320 e. The average Bonchev–Trinajstić information content (AvgIpc) is 2.93. The molecule has 1 fully saturated rings. The Labute approximate surface area is 134 Å². The molecule has 1 aliphatic heterocycles. The van der Waals surface area contributed by atoms with E-state index in [0.29, 0.717) is 11.3 Å². The maximum Gasteiger partial charge on any atom is 0.278 e. The minimum absolute atomic E-state index is 0.266. The van der Waals surface area contributed by atoms with Gasteiger partial charge in [-0.15, -0.1) is 5.10 Å². The maximum atomic E-state index is 13.6. The number of aromatic nitrogens is 3. The van der Waals surface area contributed by atoms with Gasteiger partial charge in [0, 0.05) is 5.69 Å². The van der Waals surface area contributed by atoms with Gasteiger partial charge in [-0.25, -0.2) is 9.07 Å². The number of nitrogens with zero attached hydrogens (tertiary/aromatic N) is 3. The third-order valence-corrected chi connectivity index (χ3v) is 4.23. The van der Waals surface area contributed by atoms with Gasteiger partial charge >= 0.3 is 0 Å². The number of rotatable bonds is 3. The van der Waals surface area contributed by atoms with Crippen LogP contribution in [0.5, 0.6) is 0 Å². The van der Waals surface area contributed by atoms with Crippen LogP contribution >= 0.6 is 0 Å². The second-order valence-corrected chi connectivity index (χ2v) is 5.87. The SMILES string of the molecule is Cc1ccc(NC(=O)c2nnn(C3CCNCC3)c2C)cc1F. The topological polar surface area (TPSA) is 71.8 Å². The molecule has 3 rings (SSSR count). The Balaban J connectivity index is 1.77. The van der Waals surface area contributed by atoms with Crippen LogP contribution in [0.15, 0.2) is 18.2 Å². The van der Waals surface area contributed by atoms with E-state index in [1.807, 2.05) is 11.6 Å². The lowest BCUT2D eigenvalue weighted by Gasteiger charge is -2.23. The molecular weight excluding hydrogens is 297 g/mol. The highest BCUT2D eigenvalue weighted by Gasteiger charge is 2.23. The van der Waals surface area contributed by atoms with E-state index in [0.717, 1.165) is 31.6 Å². The van der Waals surface area contributed by atoms with Crippen molar-refractivity contribution < 1.29 is 9.18 Å². The normalized spacial score (nSPS) is 15.6. The van der Waals surface area contributed by atoms with Gasteiger partial charge in [-0.2, -0.15) is 0 Å². The summed E-state index contributed by atoms with van der Waals surface area (Å²) in [5.74, 6) is -0.719. The molecule has 0 radical (unpaired) electrons. The number of aryl methyl sites for hydroxylation is 1. The highest BCUT2D eigenvalue weighted by molar-refractivity contribution is 6.03. The van der Waals surface area contributed by atoms with Gasteiger partial charge in [-0.3, -0.25) is 4.79 Å². The zero-order valence-corrected chi connectivity index (χ0v) is 13.3. The molecule has 2 N–H and O–H groups in total. The summed E-state index contributed by atoms with van der Waals surface area (Å²) >= 11 is 0. The first-order valence-corrected chi connectivity index (χ1v) is 7.76. The highest BCUT2D eigenvalue weighted by atomic mass is 19.1. The van der Waals surface area contributed by atoms with Gasteiger partial charge in [0.1, 0.15) is 5.82 Å². The van der Waals surface area contributed by atoms with E-state index in [9.17, 15) is 9.18 Å². The highest BCUT2D eigenvalue weighted by Crippen LogP contribution is 2.21. The largest absolute Gasteiger partial charge is 0.320 e. The standard InChI is InChI=1S/C16H20FN5O/c1-10-3-4-12(9-14(10)17)19-16(23)15-11(2)22(21-20-15)13-5-7-18-8-6-13/h3-4,9,13,18H,5-8H2,1-2H3,(H,19,23). The molecule has 122 valence electrons. The summed E-state index contributed by atoms with van der Waals surface area (Å²) in [4.78, 5) is 12.4. The summed E-state index contributed by atoms with van der Waals surface area (Å²) in [6, 6.07) is 4.87. The van der Waals surface area contributed by atoms with Crippen LogP contribution in [-0.4, -0.2) is 34.0 Å². The Hall–Kier alpha value is -2.28. The molecule has 1 aromatic heterocycles. The van der Waals surface area contributed by atoms with E-state index in [2.05, 4.69) is 20.9 Å². The monoisotopic (exact) mass is 317 g/mol. The number of hydrogen-bond donors (Lipinski definition) is 2. The number of anilines is 1. The first-order chi connectivity index (χ1) is 11.1. The summed E-state index contributed by atoms with van der Waals surface area (Å²) in [7, 11) is 0. The molecule has 23 heavy (non-hydrogen) atoms. The number of benzene rings is 1. The van der Waals surface area contributed by atoms with E-state index in [1.165, 1.54) is 6.07 Å². The van der Waals surface area contributed by atoms with Gasteiger partial charge in [-0.1, -0.05) is 11.3 Å². The Morgan fingerprint density at radius 1 is 1.35 bits per heavy atom. The zero-order valence-electron chi connectivity index (χ0n) is 13.3.